The molecule has 0 bridgehead atoms. The number of unbranched alkanes of at least 4 members (excludes halogenated alkanes) is 1. The number of ketones is 1. The molecule has 0 spiro atoms. The molecular weight excluding hydrogens is 352 g/mol. The molecule has 0 unspecified atom stereocenters. The second-order valence-electron chi connectivity index (χ2n) is 7.39. The number of nitrogens with zero attached hydrogens (tertiary/aromatic N) is 2. The number of Topliss-reactive ketones (excluding diaryl/α,β-unsaturated/α-hetero) is 1. The van der Waals surface area contributed by atoms with E-state index in [1.165, 1.54) is 18.6 Å². The molecule has 5 nitrogen and oxygen atoms in total. The van der Waals surface area contributed by atoms with Crippen LogP contribution in [-0.4, -0.2) is 60.0 Å². The third kappa shape index (κ3) is 6.08. The Balaban J connectivity index is 1.29. The Hall–Kier alpha value is -2.37. The van der Waals surface area contributed by atoms with Crippen molar-refractivity contribution in [3.05, 3.63) is 59.7 Å². The lowest BCUT2D eigenvalue weighted by Gasteiger charge is -2.34. The number of benzene rings is 2. The molecule has 1 aliphatic rings. The molecule has 3 rings (SSSR count). The first-order valence-corrected chi connectivity index (χ1v) is 10.1. The van der Waals surface area contributed by atoms with Gasteiger partial charge in [-0.2, -0.15) is 0 Å². The van der Waals surface area contributed by atoms with Crippen molar-refractivity contribution in [1.29, 1.82) is 0 Å². The number of hydrogen-bond acceptors (Lipinski definition) is 5. The van der Waals surface area contributed by atoms with Gasteiger partial charge in [0.2, 0.25) is 0 Å². The topological polar surface area (TPSA) is 53.0 Å². The molecule has 2 aromatic carbocycles. The van der Waals surface area contributed by atoms with Gasteiger partial charge in [0, 0.05) is 38.8 Å². The largest absolute Gasteiger partial charge is 0.507 e. The third-order valence-corrected chi connectivity index (χ3v) is 5.20. The highest BCUT2D eigenvalue weighted by Crippen LogP contribution is 2.24. The summed E-state index contributed by atoms with van der Waals surface area (Å²) in [6.07, 6.45) is 2.07. The number of carbonyl (C=O) groups is 1. The van der Waals surface area contributed by atoms with Crippen LogP contribution in [0.1, 0.15) is 35.7 Å². The molecule has 0 radical (unpaired) electrons. The second kappa shape index (κ2) is 10.2. The van der Waals surface area contributed by atoms with Crippen LogP contribution in [0, 0.1) is 0 Å². The number of phenolic OH excluding ortho intramolecular Hbond substituents is 1. The van der Waals surface area contributed by atoms with Crippen LogP contribution in [0.2, 0.25) is 0 Å². The van der Waals surface area contributed by atoms with E-state index in [0.717, 1.165) is 52.1 Å². The van der Waals surface area contributed by atoms with E-state index in [1.54, 1.807) is 12.1 Å². The van der Waals surface area contributed by atoms with Crippen molar-refractivity contribution in [2.75, 3.05) is 39.3 Å². The van der Waals surface area contributed by atoms with Gasteiger partial charge in [0.25, 0.3) is 0 Å². The van der Waals surface area contributed by atoms with E-state index >= 15 is 0 Å². The third-order valence-electron chi connectivity index (χ3n) is 5.20. The van der Waals surface area contributed by atoms with Gasteiger partial charge >= 0.3 is 0 Å². The van der Waals surface area contributed by atoms with Crippen LogP contribution >= 0.6 is 0 Å². The van der Waals surface area contributed by atoms with Crippen molar-refractivity contribution in [3.8, 4) is 11.5 Å². The highest BCUT2D eigenvalue weighted by Gasteiger charge is 2.16. The summed E-state index contributed by atoms with van der Waals surface area (Å²) in [5.74, 6) is 0.448. The van der Waals surface area contributed by atoms with E-state index in [0.29, 0.717) is 17.9 Å². The normalized spacial score (nSPS) is 15.5. The summed E-state index contributed by atoms with van der Waals surface area (Å²) >= 11 is 0. The van der Waals surface area contributed by atoms with Crippen molar-refractivity contribution in [2.45, 2.75) is 26.3 Å². The van der Waals surface area contributed by atoms with Gasteiger partial charge in [-0.05, 0) is 44.0 Å². The van der Waals surface area contributed by atoms with E-state index in [9.17, 15) is 9.90 Å². The lowest BCUT2D eigenvalue weighted by atomic mass is 10.1. The van der Waals surface area contributed by atoms with Gasteiger partial charge < -0.3 is 14.7 Å². The van der Waals surface area contributed by atoms with Gasteiger partial charge in [-0.1, -0.05) is 30.3 Å². The van der Waals surface area contributed by atoms with Crippen LogP contribution in [0.15, 0.2) is 48.5 Å². The van der Waals surface area contributed by atoms with Gasteiger partial charge in [0.1, 0.15) is 11.5 Å². The Bertz CT molecular complexity index is 756. The molecule has 0 saturated carbocycles. The Morgan fingerprint density at radius 1 is 1.00 bits per heavy atom. The fourth-order valence-electron chi connectivity index (χ4n) is 3.54. The zero-order chi connectivity index (χ0) is 19.8. The summed E-state index contributed by atoms with van der Waals surface area (Å²) in [4.78, 5) is 16.4. The number of carbonyl (C=O) groups excluding carboxylic acids is 1. The fraction of sp³-hybridized carbons (Fsp3) is 0.435. The minimum Gasteiger partial charge on any atom is -0.507 e. The smallest absolute Gasteiger partial charge is 0.163 e. The molecule has 150 valence electrons. The summed E-state index contributed by atoms with van der Waals surface area (Å²) in [5.41, 5.74) is 1.72. The van der Waals surface area contributed by atoms with E-state index in [1.807, 2.05) is 0 Å². The first-order valence-electron chi connectivity index (χ1n) is 10.1. The number of rotatable bonds is 9. The molecule has 1 heterocycles. The fourth-order valence-corrected chi connectivity index (χ4v) is 3.54. The van der Waals surface area contributed by atoms with Gasteiger partial charge in [0.05, 0.1) is 12.2 Å². The highest BCUT2D eigenvalue weighted by atomic mass is 16.5. The number of piperazine rings is 1. The van der Waals surface area contributed by atoms with Gasteiger partial charge in [-0.25, -0.2) is 0 Å². The summed E-state index contributed by atoms with van der Waals surface area (Å²) in [5, 5.41) is 9.84. The quantitative estimate of drug-likeness (QED) is 0.531. The van der Waals surface area contributed by atoms with E-state index in [-0.39, 0.29) is 11.5 Å². The van der Waals surface area contributed by atoms with E-state index < -0.39 is 0 Å². The maximum absolute atomic E-state index is 11.3. The van der Waals surface area contributed by atoms with Crippen molar-refractivity contribution >= 4 is 5.78 Å². The van der Waals surface area contributed by atoms with E-state index in [4.69, 9.17) is 4.74 Å². The molecule has 1 aliphatic heterocycles. The maximum Gasteiger partial charge on any atom is 0.163 e. The highest BCUT2D eigenvalue weighted by molar-refractivity contribution is 5.96. The number of ether oxygens (including phenoxy) is 1. The van der Waals surface area contributed by atoms with Crippen LogP contribution in [-0.2, 0) is 6.54 Å². The number of aromatic hydroxyl groups is 1. The standard InChI is InChI=1S/C23H30N2O3/c1-19(26)22-10-9-21(17-23(22)27)28-16-6-5-11-24-12-14-25(15-13-24)18-20-7-3-2-4-8-20/h2-4,7-10,17,27H,5-6,11-16,18H2,1H3. The van der Waals surface area contributed by atoms with Crippen LogP contribution in [0.3, 0.4) is 0 Å². The zero-order valence-electron chi connectivity index (χ0n) is 16.6. The lowest BCUT2D eigenvalue weighted by Crippen LogP contribution is -2.46. The summed E-state index contributed by atoms with van der Waals surface area (Å²) in [6.45, 7) is 8.67. The van der Waals surface area contributed by atoms with Crippen LogP contribution < -0.4 is 4.74 Å². The van der Waals surface area contributed by atoms with Crippen molar-refractivity contribution in [3.63, 3.8) is 0 Å². The number of hydrogen-bond donors (Lipinski definition) is 1. The van der Waals surface area contributed by atoms with Crippen molar-refractivity contribution < 1.29 is 14.6 Å². The predicted molar refractivity (Wildman–Crippen MR) is 111 cm³/mol. The zero-order valence-corrected chi connectivity index (χ0v) is 16.6. The Labute approximate surface area is 167 Å². The summed E-state index contributed by atoms with van der Waals surface area (Å²) in [6, 6.07) is 15.5. The molecule has 0 atom stereocenters. The SMILES string of the molecule is CC(=O)c1ccc(OCCCCN2CCN(Cc3ccccc3)CC2)cc1O. The molecule has 0 amide bonds. The Kier molecular flexibility index (Phi) is 7.46. The minimum absolute atomic E-state index is 0.0154. The second-order valence-corrected chi connectivity index (χ2v) is 7.39. The monoisotopic (exact) mass is 382 g/mol. The van der Waals surface area contributed by atoms with Gasteiger partial charge in [0.15, 0.2) is 5.78 Å². The molecule has 0 aliphatic carbocycles. The first-order chi connectivity index (χ1) is 13.6. The molecule has 5 heteroatoms. The van der Waals surface area contributed by atoms with Crippen LogP contribution in [0.5, 0.6) is 11.5 Å². The molecule has 2 aromatic rings. The first kappa shape index (κ1) is 20.4. The van der Waals surface area contributed by atoms with Crippen LogP contribution in [0.25, 0.3) is 0 Å². The van der Waals surface area contributed by atoms with E-state index in [2.05, 4.69) is 40.1 Å². The van der Waals surface area contributed by atoms with Crippen molar-refractivity contribution in [2.24, 2.45) is 0 Å². The minimum atomic E-state index is -0.145. The predicted octanol–water partition coefficient (Wildman–Crippen LogP) is 3.57. The van der Waals surface area contributed by atoms with Gasteiger partial charge in [-0.3, -0.25) is 9.69 Å². The molecule has 28 heavy (non-hydrogen) atoms. The molecule has 1 saturated heterocycles. The Morgan fingerprint density at radius 2 is 1.71 bits per heavy atom. The average molecular weight is 383 g/mol. The molecule has 1 N–H and O–H groups in total. The molecular formula is C23H30N2O3. The number of phenols is 1. The molecule has 0 aromatic heterocycles. The average Bonchev–Trinajstić information content (AvgIpc) is 2.69. The maximum atomic E-state index is 11.3. The Morgan fingerprint density at radius 3 is 2.39 bits per heavy atom. The molecule has 1 fully saturated rings. The summed E-state index contributed by atoms with van der Waals surface area (Å²) in [7, 11) is 0. The lowest BCUT2D eigenvalue weighted by molar-refractivity contribution is 0.101. The van der Waals surface area contributed by atoms with Crippen molar-refractivity contribution in [1.82, 2.24) is 9.80 Å². The van der Waals surface area contributed by atoms with Gasteiger partial charge in [-0.15, -0.1) is 0 Å². The summed E-state index contributed by atoms with van der Waals surface area (Å²) < 4.78 is 5.70. The van der Waals surface area contributed by atoms with Crippen LogP contribution in [0.4, 0.5) is 0 Å².